The summed E-state index contributed by atoms with van der Waals surface area (Å²) in [6.07, 6.45) is 3.56. The summed E-state index contributed by atoms with van der Waals surface area (Å²) in [5, 5.41) is 26.5. The van der Waals surface area contributed by atoms with Crippen molar-refractivity contribution in [1.29, 1.82) is 0 Å². The maximum absolute atomic E-state index is 10.5. The lowest BCUT2D eigenvalue weighted by Crippen LogP contribution is -2.02. The van der Waals surface area contributed by atoms with Gasteiger partial charge in [-0.3, -0.25) is 14.8 Å². The van der Waals surface area contributed by atoms with Crippen LogP contribution in [0.2, 0.25) is 0 Å². The molecule has 2 N–H and O–H groups in total. The maximum Gasteiger partial charge on any atom is 0.269 e. The number of aliphatic hydroxyl groups excluding tert-OH is 1. The Labute approximate surface area is 109 Å². The normalized spacial score (nSPS) is 10.4. The van der Waals surface area contributed by atoms with Crippen LogP contribution < -0.4 is 5.32 Å². The quantitative estimate of drug-likeness (QED) is 0.606. The molecule has 7 nitrogen and oxygen atoms in total. The van der Waals surface area contributed by atoms with E-state index in [9.17, 15) is 10.1 Å². The molecule has 0 atom stereocenters. The second-order valence-electron chi connectivity index (χ2n) is 3.99. The monoisotopic (exact) mass is 262 g/mol. The van der Waals surface area contributed by atoms with Gasteiger partial charge in [0.2, 0.25) is 0 Å². The summed E-state index contributed by atoms with van der Waals surface area (Å²) in [5.74, 6) is 0. The van der Waals surface area contributed by atoms with Crippen molar-refractivity contribution in [3.05, 3.63) is 52.3 Å². The predicted molar refractivity (Wildman–Crippen MR) is 69.7 cm³/mol. The molecule has 0 saturated heterocycles. The van der Waals surface area contributed by atoms with Crippen LogP contribution in [-0.4, -0.2) is 26.4 Å². The van der Waals surface area contributed by atoms with Gasteiger partial charge in [-0.05, 0) is 12.1 Å². The number of nitro groups is 1. The van der Waals surface area contributed by atoms with Crippen molar-refractivity contribution >= 4 is 11.4 Å². The number of benzene rings is 1. The molecule has 1 heterocycles. The molecule has 0 spiro atoms. The number of nitrogens with one attached hydrogen (secondary N) is 1. The number of non-ortho nitro benzene ring substituents is 1. The molecule has 1 aromatic carbocycles. The summed E-state index contributed by atoms with van der Waals surface area (Å²) < 4.78 is 1.66. The molecule has 0 bridgehead atoms. The van der Waals surface area contributed by atoms with Gasteiger partial charge in [0.25, 0.3) is 5.69 Å². The lowest BCUT2D eigenvalue weighted by molar-refractivity contribution is -0.384. The Balaban J connectivity index is 1.92. The maximum atomic E-state index is 10.5. The molecule has 0 radical (unpaired) electrons. The van der Waals surface area contributed by atoms with E-state index in [4.69, 9.17) is 5.11 Å². The number of aromatic nitrogens is 2. The third-order valence-corrected chi connectivity index (χ3v) is 2.59. The van der Waals surface area contributed by atoms with Gasteiger partial charge in [-0.1, -0.05) is 0 Å². The first kappa shape index (κ1) is 13.0. The Hall–Kier alpha value is -2.41. The second kappa shape index (κ2) is 5.96. The van der Waals surface area contributed by atoms with Crippen LogP contribution in [0.4, 0.5) is 11.4 Å². The molecular weight excluding hydrogens is 248 g/mol. The summed E-state index contributed by atoms with van der Waals surface area (Å²) >= 11 is 0. The summed E-state index contributed by atoms with van der Waals surface area (Å²) in [7, 11) is 0. The largest absolute Gasteiger partial charge is 0.394 e. The molecule has 7 heteroatoms. The van der Waals surface area contributed by atoms with Gasteiger partial charge >= 0.3 is 0 Å². The molecule has 0 aliphatic rings. The number of nitro benzene ring substituents is 1. The van der Waals surface area contributed by atoms with E-state index >= 15 is 0 Å². The molecule has 0 fully saturated rings. The number of aliphatic hydroxyl groups is 1. The van der Waals surface area contributed by atoms with E-state index in [-0.39, 0.29) is 12.3 Å². The van der Waals surface area contributed by atoms with Crippen LogP contribution in [-0.2, 0) is 13.1 Å². The minimum Gasteiger partial charge on any atom is -0.394 e. The molecule has 100 valence electrons. The fourth-order valence-electron chi connectivity index (χ4n) is 1.63. The standard InChI is InChI=1S/C12H14N4O3/c17-6-5-15-9-10(8-14-15)7-13-11-1-3-12(4-2-11)16(18)19/h1-4,8-9,13,17H,5-7H2. The van der Waals surface area contributed by atoms with E-state index in [1.807, 2.05) is 6.20 Å². The highest BCUT2D eigenvalue weighted by atomic mass is 16.6. The minimum atomic E-state index is -0.428. The average Bonchev–Trinajstić information content (AvgIpc) is 2.85. The average molecular weight is 262 g/mol. The Morgan fingerprint density at radius 1 is 1.37 bits per heavy atom. The minimum absolute atomic E-state index is 0.0525. The third kappa shape index (κ3) is 3.52. The molecule has 2 rings (SSSR count). The van der Waals surface area contributed by atoms with E-state index in [2.05, 4.69) is 10.4 Å². The molecule has 0 aliphatic heterocycles. The van der Waals surface area contributed by atoms with E-state index < -0.39 is 4.92 Å². The predicted octanol–water partition coefficient (Wildman–Crippen LogP) is 1.40. The zero-order valence-electron chi connectivity index (χ0n) is 10.2. The van der Waals surface area contributed by atoms with Crippen molar-refractivity contribution in [3.63, 3.8) is 0 Å². The van der Waals surface area contributed by atoms with Crippen LogP contribution in [0.5, 0.6) is 0 Å². The Kier molecular flexibility index (Phi) is 4.09. The first-order valence-corrected chi connectivity index (χ1v) is 5.79. The summed E-state index contributed by atoms with van der Waals surface area (Å²) in [5.41, 5.74) is 1.86. The lowest BCUT2D eigenvalue weighted by atomic mass is 10.2. The highest BCUT2D eigenvalue weighted by molar-refractivity contribution is 5.48. The van der Waals surface area contributed by atoms with Gasteiger partial charge in [0.15, 0.2) is 0 Å². The van der Waals surface area contributed by atoms with Crippen LogP contribution in [0.3, 0.4) is 0 Å². The second-order valence-corrected chi connectivity index (χ2v) is 3.99. The Morgan fingerprint density at radius 3 is 2.74 bits per heavy atom. The van der Waals surface area contributed by atoms with Crippen molar-refractivity contribution in [2.45, 2.75) is 13.1 Å². The van der Waals surface area contributed by atoms with E-state index in [1.54, 1.807) is 23.0 Å². The first-order chi connectivity index (χ1) is 9.19. The van der Waals surface area contributed by atoms with Crippen molar-refractivity contribution in [2.24, 2.45) is 0 Å². The van der Waals surface area contributed by atoms with Crippen LogP contribution in [0, 0.1) is 10.1 Å². The van der Waals surface area contributed by atoms with Crippen molar-refractivity contribution in [2.75, 3.05) is 11.9 Å². The van der Waals surface area contributed by atoms with Crippen LogP contribution in [0.25, 0.3) is 0 Å². The molecule has 0 unspecified atom stereocenters. The van der Waals surface area contributed by atoms with Gasteiger partial charge in [-0.25, -0.2) is 0 Å². The molecule has 0 aliphatic carbocycles. The van der Waals surface area contributed by atoms with Crippen molar-refractivity contribution in [1.82, 2.24) is 9.78 Å². The number of nitrogens with zero attached hydrogens (tertiary/aromatic N) is 3. The Morgan fingerprint density at radius 2 is 2.11 bits per heavy atom. The number of rotatable bonds is 6. The third-order valence-electron chi connectivity index (χ3n) is 2.59. The highest BCUT2D eigenvalue weighted by Gasteiger charge is 2.04. The van der Waals surface area contributed by atoms with Gasteiger partial charge < -0.3 is 10.4 Å². The SMILES string of the molecule is O=[N+]([O-])c1ccc(NCc2cnn(CCO)c2)cc1. The molecule has 19 heavy (non-hydrogen) atoms. The van der Waals surface area contributed by atoms with Gasteiger partial charge in [0.05, 0.1) is 24.3 Å². The van der Waals surface area contributed by atoms with Crippen LogP contribution in [0.15, 0.2) is 36.7 Å². The first-order valence-electron chi connectivity index (χ1n) is 5.79. The zero-order chi connectivity index (χ0) is 13.7. The van der Waals surface area contributed by atoms with E-state index in [0.29, 0.717) is 13.1 Å². The fraction of sp³-hybridized carbons (Fsp3) is 0.250. The van der Waals surface area contributed by atoms with Crippen LogP contribution >= 0.6 is 0 Å². The van der Waals surface area contributed by atoms with Gasteiger partial charge in [0, 0.05) is 36.1 Å². The van der Waals surface area contributed by atoms with Crippen molar-refractivity contribution in [3.8, 4) is 0 Å². The number of hydrogen-bond acceptors (Lipinski definition) is 5. The van der Waals surface area contributed by atoms with Gasteiger partial charge in [-0.15, -0.1) is 0 Å². The lowest BCUT2D eigenvalue weighted by Gasteiger charge is -2.03. The molecular formula is C12H14N4O3. The van der Waals surface area contributed by atoms with Gasteiger partial charge in [-0.2, -0.15) is 5.10 Å². The van der Waals surface area contributed by atoms with Crippen LogP contribution in [0.1, 0.15) is 5.56 Å². The number of hydrogen-bond donors (Lipinski definition) is 2. The van der Waals surface area contributed by atoms with Crippen molar-refractivity contribution < 1.29 is 10.0 Å². The van der Waals surface area contributed by atoms with E-state index in [0.717, 1.165) is 11.3 Å². The van der Waals surface area contributed by atoms with E-state index in [1.165, 1.54) is 12.1 Å². The zero-order valence-corrected chi connectivity index (χ0v) is 10.2. The molecule has 0 amide bonds. The fourth-order valence-corrected chi connectivity index (χ4v) is 1.63. The number of anilines is 1. The topological polar surface area (TPSA) is 93.2 Å². The summed E-state index contributed by atoms with van der Waals surface area (Å²) in [6.45, 7) is 1.09. The Bertz CT molecular complexity index is 550. The van der Waals surface area contributed by atoms with Gasteiger partial charge in [0.1, 0.15) is 0 Å². The summed E-state index contributed by atoms with van der Waals surface area (Å²) in [4.78, 5) is 10.1. The summed E-state index contributed by atoms with van der Waals surface area (Å²) in [6, 6.07) is 6.24. The highest BCUT2D eigenvalue weighted by Crippen LogP contribution is 2.16. The molecule has 2 aromatic rings. The molecule has 0 saturated carbocycles. The molecule has 1 aromatic heterocycles. The smallest absolute Gasteiger partial charge is 0.269 e.